The molecule has 116 valence electrons. The number of carbonyl (C=O) groups excluding carboxylic acids is 2. The van der Waals surface area contributed by atoms with E-state index in [4.69, 9.17) is 21.1 Å². The van der Waals surface area contributed by atoms with Crippen LogP contribution in [0, 0.1) is 5.82 Å². The van der Waals surface area contributed by atoms with Crippen molar-refractivity contribution in [1.82, 2.24) is 0 Å². The van der Waals surface area contributed by atoms with Crippen molar-refractivity contribution in [2.24, 2.45) is 0 Å². The highest BCUT2D eigenvalue weighted by Crippen LogP contribution is 2.31. The summed E-state index contributed by atoms with van der Waals surface area (Å²) in [7, 11) is 1.33. The monoisotopic (exact) mass is 332 g/mol. The van der Waals surface area contributed by atoms with Gasteiger partial charge in [0.15, 0.2) is 11.6 Å². The molecule has 0 aromatic heterocycles. The molecule has 2 aromatic carbocycles. The number of esters is 1. The van der Waals surface area contributed by atoms with Crippen molar-refractivity contribution in [3.8, 4) is 11.5 Å². The number of ketones is 1. The summed E-state index contributed by atoms with van der Waals surface area (Å²) in [5.74, 6) is -1.63. The lowest BCUT2D eigenvalue weighted by molar-refractivity contribution is -0.130. The number of benzene rings is 2. The summed E-state index contributed by atoms with van der Waals surface area (Å²) in [5.41, 5.74) is 0.486. The molecule has 0 amide bonds. The lowest BCUT2D eigenvalue weighted by atomic mass is 9.98. The first kappa shape index (κ1) is 15.2. The largest absolute Gasteiger partial charge is 0.494 e. The minimum absolute atomic E-state index is 0.0134. The third-order valence-corrected chi connectivity index (χ3v) is 3.57. The molecule has 0 atom stereocenters. The van der Waals surface area contributed by atoms with Gasteiger partial charge in [-0.3, -0.25) is 4.79 Å². The highest BCUT2D eigenvalue weighted by Gasteiger charge is 2.30. The Morgan fingerprint density at radius 3 is 2.70 bits per heavy atom. The van der Waals surface area contributed by atoms with E-state index in [1.54, 1.807) is 0 Å². The second kappa shape index (κ2) is 5.85. The van der Waals surface area contributed by atoms with E-state index in [1.807, 2.05) is 0 Å². The zero-order chi connectivity index (χ0) is 16.6. The maximum Gasteiger partial charge on any atom is 0.347 e. The van der Waals surface area contributed by atoms with Gasteiger partial charge in [0, 0.05) is 5.02 Å². The van der Waals surface area contributed by atoms with Crippen LogP contribution in [0.2, 0.25) is 5.02 Å². The number of hydrogen-bond acceptors (Lipinski definition) is 4. The molecule has 0 unspecified atom stereocenters. The fraction of sp³-hybridized carbons (Fsp3) is 0.0588. The van der Waals surface area contributed by atoms with Crippen LogP contribution in [0.1, 0.15) is 15.9 Å². The third kappa shape index (κ3) is 2.83. The highest BCUT2D eigenvalue weighted by molar-refractivity contribution is 6.33. The molecule has 6 heteroatoms. The van der Waals surface area contributed by atoms with E-state index in [9.17, 15) is 14.0 Å². The van der Waals surface area contributed by atoms with Gasteiger partial charge in [0.05, 0.1) is 12.7 Å². The van der Waals surface area contributed by atoms with Crippen molar-refractivity contribution in [2.75, 3.05) is 7.11 Å². The highest BCUT2D eigenvalue weighted by atomic mass is 35.5. The average Bonchev–Trinajstić information content (AvgIpc) is 2.54. The van der Waals surface area contributed by atoms with Gasteiger partial charge in [-0.1, -0.05) is 17.7 Å². The van der Waals surface area contributed by atoms with Gasteiger partial charge in [-0.2, -0.15) is 0 Å². The van der Waals surface area contributed by atoms with E-state index in [0.29, 0.717) is 10.6 Å². The van der Waals surface area contributed by atoms with Crippen LogP contribution in [0.5, 0.6) is 11.5 Å². The van der Waals surface area contributed by atoms with Crippen molar-refractivity contribution in [3.63, 3.8) is 0 Å². The number of halogens is 2. The van der Waals surface area contributed by atoms with Gasteiger partial charge in [0.1, 0.15) is 11.3 Å². The number of methoxy groups -OCH3 is 1. The smallest absolute Gasteiger partial charge is 0.347 e. The Hall–Kier alpha value is -2.66. The summed E-state index contributed by atoms with van der Waals surface area (Å²) in [4.78, 5) is 24.5. The Bertz CT molecular complexity index is 858. The molecule has 1 aliphatic rings. The summed E-state index contributed by atoms with van der Waals surface area (Å²) in [6, 6.07) is 8.43. The quantitative estimate of drug-likeness (QED) is 0.364. The number of ether oxygens (including phenoxy) is 2. The molecule has 0 bridgehead atoms. The molecular weight excluding hydrogens is 323 g/mol. The number of rotatable bonds is 2. The molecule has 1 aliphatic heterocycles. The third-order valence-electron chi connectivity index (χ3n) is 3.34. The molecule has 3 rings (SSSR count). The maximum absolute atomic E-state index is 13.4. The predicted octanol–water partition coefficient (Wildman–Crippen LogP) is 3.67. The summed E-state index contributed by atoms with van der Waals surface area (Å²) >= 11 is 5.87. The second-order valence-electron chi connectivity index (χ2n) is 4.81. The van der Waals surface area contributed by atoms with Crippen molar-refractivity contribution in [1.29, 1.82) is 0 Å². The minimum atomic E-state index is -0.770. The molecule has 4 nitrogen and oxygen atoms in total. The fourth-order valence-corrected chi connectivity index (χ4v) is 2.39. The molecule has 0 saturated carbocycles. The van der Waals surface area contributed by atoms with Crippen molar-refractivity contribution < 1.29 is 23.5 Å². The van der Waals surface area contributed by atoms with Gasteiger partial charge in [-0.25, -0.2) is 9.18 Å². The summed E-state index contributed by atoms with van der Waals surface area (Å²) < 4.78 is 23.4. The standard InChI is InChI=1S/C17H10ClFO4/c1-22-15-7-9(2-4-13(15)19)6-12-16(20)11-8-10(18)3-5-14(11)23-17(12)21/h2-8H,1H3/b12-6-. The Morgan fingerprint density at radius 2 is 1.96 bits per heavy atom. The van der Waals surface area contributed by atoms with Crippen LogP contribution < -0.4 is 9.47 Å². The maximum atomic E-state index is 13.4. The molecular formula is C17H10ClFO4. The second-order valence-corrected chi connectivity index (χ2v) is 5.25. The topological polar surface area (TPSA) is 52.6 Å². The van der Waals surface area contributed by atoms with Gasteiger partial charge >= 0.3 is 5.97 Å². The lowest BCUT2D eigenvalue weighted by Crippen LogP contribution is -2.25. The zero-order valence-corrected chi connectivity index (χ0v) is 12.7. The van der Waals surface area contributed by atoms with E-state index < -0.39 is 17.6 Å². The number of carbonyl (C=O) groups is 2. The van der Waals surface area contributed by atoms with Gasteiger partial charge < -0.3 is 9.47 Å². The van der Waals surface area contributed by atoms with Crippen LogP contribution in [-0.4, -0.2) is 18.9 Å². The van der Waals surface area contributed by atoms with Gasteiger partial charge in [0.25, 0.3) is 0 Å². The molecule has 0 N–H and O–H groups in total. The lowest BCUT2D eigenvalue weighted by Gasteiger charge is -2.17. The molecule has 23 heavy (non-hydrogen) atoms. The van der Waals surface area contributed by atoms with Crippen LogP contribution in [0.25, 0.3) is 6.08 Å². The fourth-order valence-electron chi connectivity index (χ4n) is 2.22. The van der Waals surface area contributed by atoms with Gasteiger partial charge in [-0.05, 0) is 42.0 Å². The first-order valence-electron chi connectivity index (χ1n) is 6.61. The summed E-state index contributed by atoms with van der Waals surface area (Å²) in [6.45, 7) is 0. The first-order valence-corrected chi connectivity index (χ1v) is 6.99. The number of fused-ring (bicyclic) bond motifs is 1. The Morgan fingerprint density at radius 1 is 1.17 bits per heavy atom. The molecule has 0 radical (unpaired) electrons. The Balaban J connectivity index is 2.06. The Labute approximate surface area is 136 Å². The molecule has 0 aliphatic carbocycles. The normalized spacial score (nSPS) is 15.3. The van der Waals surface area contributed by atoms with Crippen LogP contribution in [0.4, 0.5) is 4.39 Å². The molecule has 0 spiro atoms. The van der Waals surface area contributed by atoms with E-state index in [1.165, 1.54) is 49.6 Å². The van der Waals surface area contributed by atoms with Crippen LogP contribution in [0.3, 0.4) is 0 Å². The first-order chi connectivity index (χ1) is 11.0. The van der Waals surface area contributed by atoms with Crippen molar-refractivity contribution in [3.05, 3.63) is 63.9 Å². The van der Waals surface area contributed by atoms with E-state index in [-0.39, 0.29) is 22.6 Å². The van der Waals surface area contributed by atoms with Crippen LogP contribution >= 0.6 is 11.6 Å². The average molecular weight is 333 g/mol. The number of Topliss-reactive ketones (excluding diaryl/α,β-unsaturated/α-hetero) is 1. The van der Waals surface area contributed by atoms with E-state index >= 15 is 0 Å². The molecule has 2 aromatic rings. The van der Waals surface area contributed by atoms with Crippen molar-refractivity contribution in [2.45, 2.75) is 0 Å². The molecule has 0 fully saturated rings. The minimum Gasteiger partial charge on any atom is -0.494 e. The van der Waals surface area contributed by atoms with Crippen LogP contribution in [-0.2, 0) is 4.79 Å². The van der Waals surface area contributed by atoms with Gasteiger partial charge in [-0.15, -0.1) is 0 Å². The zero-order valence-electron chi connectivity index (χ0n) is 11.9. The Kier molecular flexibility index (Phi) is 3.88. The summed E-state index contributed by atoms with van der Waals surface area (Å²) in [6.07, 6.45) is 1.33. The number of hydrogen-bond donors (Lipinski definition) is 0. The summed E-state index contributed by atoms with van der Waals surface area (Å²) in [5, 5.41) is 0.359. The SMILES string of the molecule is COc1cc(/C=C2\C(=O)Oc3ccc(Cl)cc3C2=O)ccc1F. The van der Waals surface area contributed by atoms with E-state index in [2.05, 4.69) is 0 Å². The van der Waals surface area contributed by atoms with E-state index in [0.717, 1.165) is 0 Å². The van der Waals surface area contributed by atoms with Crippen molar-refractivity contribution >= 4 is 29.4 Å². The molecule has 1 heterocycles. The van der Waals surface area contributed by atoms with Gasteiger partial charge in [0.2, 0.25) is 5.78 Å². The molecule has 0 saturated heterocycles. The van der Waals surface area contributed by atoms with Crippen LogP contribution in [0.15, 0.2) is 42.0 Å². The predicted molar refractivity (Wildman–Crippen MR) is 82.3 cm³/mol.